The van der Waals surface area contributed by atoms with Gasteiger partial charge < -0.3 is 14.1 Å². The maximum atomic E-state index is 13.2. The molecular weight excluding hydrogens is 368 g/mol. The lowest BCUT2D eigenvalue weighted by Crippen LogP contribution is -2.48. The fourth-order valence-corrected chi connectivity index (χ4v) is 4.04. The number of carbonyl (C=O) groups excluding carboxylic acids is 1. The average molecular weight is 390 g/mol. The van der Waals surface area contributed by atoms with Gasteiger partial charge in [0.25, 0.3) is 5.91 Å². The number of oxazole rings is 1. The number of ether oxygens (including phenoxy) is 1. The van der Waals surface area contributed by atoms with E-state index in [2.05, 4.69) is 9.97 Å². The highest BCUT2D eigenvalue weighted by Crippen LogP contribution is 2.26. The molecule has 5 rings (SSSR count). The van der Waals surface area contributed by atoms with Crippen molar-refractivity contribution in [3.05, 3.63) is 54.3 Å². The van der Waals surface area contributed by atoms with Crippen LogP contribution < -0.4 is 0 Å². The van der Waals surface area contributed by atoms with E-state index in [0.29, 0.717) is 24.7 Å². The van der Waals surface area contributed by atoms with Crippen LogP contribution in [0.5, 0.6) is 0 Å². The van der Waals surface area contributed by atoms with Crippen LogP contribution in [0.4, 0.5) is 0 Å². The maximum absolute atomic E-state index is 13.2. The minimum absolute atomic E-state index is 0.0232. The van der Waals surface area contributed by atoms with Crippen molar-refractivity contribution < 1.29 is 13.9 Å². The van der Waals surface area contributed by atoms with Crippen molar-refractivity contribution in [3.8, 4) is 11.1 Å². The molecule has 4 aromatic rings. The summed E-state index contributed by atoms with van der Waals surface area (Å²) in [6, 6.07) is 9.85. The van der Waals surface area contributed by atoms with Crippen LogP contribution in [-0.2, 0) is 4.74 Å². The number of amides is 1. The molecule has 0 saturated carbocycles. The topological polar surface area (TPSA) is 72.9 Å². The first-order valence-corrected chi connectivity index (χ1v) is 9.77. The van der Waals surface area contributed by atoms with E-state index in [1.54, 1.807) is 6.20 Å². The SMILES string of the molecule is Cc1nc2cc(-c3ccc4ncc(C(=O)N5C[C@@H](C)O[C@@H](C)C5)n4c3)ccc2o1. The number of pyridine rings is 1. The van der Waals surface area contributed by atoms with Gasteiger partial charge in [-0.3, -0.25) is 9.20 Å². The molecule has 0 unspecified atom stereocenters. The molecule has 0 radical (unpaired) electrons. The Morgan fingerprint density at radius 3 is 2.66 bits per heavy atom. The van der Waals surface area contributed by atoms with Gasteiger partial charge in [0.2, 0.25) is 0 Å². The molecule has 1 amide bonds. The van der Waals surface area contributed by atoms with Crippen molar-refractivity contribution in [1.29, 1.82) is 0 Å². The van der Waals surface area contributed by atoms with Gasteiger partial charge in [0.15, 0.2) is 11.5 Å². The standard InChI is InChI=1S/C22H22N4O3/c1-13-10-25(11-14(2)28-13)22(27)19-9-23-21-7-5-17(12-26(19)21)16-4-6-20-18(8-16)24-15(3)29-20/h4-9,12-14H,10-11H2,1-3H3/t13-,14+. The molecule has 148 valence electrons. The summed E-state index contributed by atoms with van der Waals surface area (Å²) in [5, 5.41) is 0. The quantitative estimate of drug-likeness (QED) is 0.522. The molecule has 3 aromatic heterocycles. The number of fused-ring (bicyclic) bond motifs is 2. The predicted octanol–water partition coefficient (Wildman–Crippen LogP) is 3.70. The van der Waals surface area contributed by atoms with E-state index >= 15 is 0 Å². The van der Waals surface area contributed by atoms with E-state index in [9.17, 15) is 4.79 Å². The number of aryl methyl sites for hydroxylation is 1. The van der Waals surface area contributed by atoms with Gasteiger partial charge in [0.05, 0.1) is 18.4 Å². The molecular formula is C22H22N4O3. The lowest BCUT2D eigenvalue weighted by molar-refractivity contribution is -0.0587. The third kappa shape index (κ3) is 3.17. The Hall–Kier alpha value is -3.19. The van der Waals surface area contributed by atoms with Gasteiger partial charge in [-0.1, -0.05) is 6.07 Å². The summed E-state index contributed by atoms with van der Waals surface area (Å²) < 4.78 is 13.2. The Labute approximate surface area is 167 Å². The maximum Gasteiger partial charge on any atom is 0.272 e. The monoisotopic (exact) mass is 390 g/mol. The predicted molar refractivity (Wildman–Crippen MR) is 109 cm³/mol. The van der Waals surface area contributed by atoms with Crippen LogP contribution in [0.3, 0.4) is 0 Å². The molecule has 1 saturated heterocycles. The summed E-state index contributed by atoms with van der Waals surface area (Å²) in [5.74, 6) is 0.614. The van der Waals surface area contributed by atoms with Crippen LogP contribution in [0.2, 0.25) is 0 Å². The highest BCUT2D eigenvalue weighted by atomic mass is 16.5. The van der Waals surface area contributed by atoms with Crippen molar-refractivity contribution >= 4 is 22.7 Å². The normalized spacial score (nSPS) is 19.9. The van der Waals surface area contributed by atoms with Gasteiger partial charge >= 0.3 is 0 Å². The molecule has 29 heavy (non-hydrogen) atoms. The Kier molecular flexibility index (Phi) is 4.13. The molecule has 0 aliphatic carbocycles. The number of aromatic nitrogens is 3. The molecule has 1 aliphatic rings. The largest absolute Gasteiger partial charge is 0.441 e. The first kappa shape index (κ1) is 17.9. The van der Waals surface area contributed by atoms with Gasteiger partial charge in [-0.15, -0.1) is 0 Å². The minimum Gasteiger partial charge on any atom is -0.441 e. The summed E-state index contributed by atoms with van der Waals surface area (Å²) in [5.41, 5.74) is 4.87. The number of nitrogens with zero attached hydrogens (tertiary/aromatic N) is 4. The average Bonchev–Trinajstić information content (AvgIpc) is 3.27. The van der Waals surface area contributed by atoms with E-state index in [1.165, 1.54) is 0 Å². The van der Waals surface area contributed by atoms with Crippen LogP contribution in [0.15, 0.2) is 47.1 Å². The number of hydrogen-bond acceptors (Lipinski definition) is 5. The molecule has 1 fully saturated rings. The third-order valence-corrected chi connectivity index (χ3v) is 5.26. The summed E-state index contributed by atoms with van der Waals surface area (Å²) in [4.78, 5) is 23.9. The highest BCUT2D eigenvalue weighted by Gasteiger charge is 2.28. The first-order valence-electron chi connectivity index (χ1n) is 9.77. The van der Waals surface area contributed by atoms with Crippen molar-refractivity contribution in [1.82, 2.24) is 19.3 Å². The van der Waals surface area contributed by atoms with Crippen LogP contribution >= 0.6 is 0 Å². The zero-order chi connectivity index (χ0) is 20.1. The van der Waals surface area contributed by atoms with Crippen molar-refractivity contribution in [2.24, 2.45) is 0 Å². The van der Waals surface area contributed by atoms with E-state index in [4.69, 9.17) is 9.15 Å². The Bertz CT molecular complexity index is 1220. The van der Waals surface area contributed by atoms with Gasteiger partial charge in [-0.2, -0.15) is 0 Å². The van der Waals surface area contributed by atoms with Gasteiger partial charge in [0, 0.05) is 26.2 Å². The van der Waals surface area contributed by atoms with Crippen molar-refractivity contribution in [2.75, 3.05) is 13.1 Å². The molecule has 1 aliphatic heterocycles. The summed E-state index contributed by atoms with van der Waals surface area (Å²) in [6.07, 6.45) is 3.65. The number of benzene rings is 1. The third-order valence-electron chi connectivity index (χ3n) is 5.26. The Morgan fingerprint density at radius 1 is 1.10 bits per heavy atom. The first-order chi connectivity index (χ1) is 14.0. The number of rotatable bonds is 2. The summed E-state index contributed by atoms with van der Waals surface area (Å²) >= 11 is 0. The second-order valence-electron chi connectivity index (χ2n) is 7.67. The Balaban J connectivity index is 1.53. The van der Waals surface area contributed by atoms with E-state index in [-0.39, 0.29) is 18.1 Å². The van der Waals surface area contributed by atoms with Gasteiger partial charge in [-0.05, 0) is 49.2 Å². The van der Waals surface area contributed by atoms with E-state index in [0.717, 1.165) is 27.9 Å². The minimum atomic E-state index is -0.0285. The lowest BCUT2D eigenvalue weighted by Gasteiger charge is -2.35. The summed E-state index contributed by atoms with van der Waals surface area (Å²) in [6.45, 7) is 6.98. The van der Waals surface area contributed by atoms with Crippen LogP contribution in [-0.4, -0.2) is 50.5 Å². The second kappa shape index (κ2) is 6.70. The van der Waals surface area contributed by atoms with Crippen molar-refractivity contribution in [2.45, 2.75) is 33.0 Å². The number of hydrogen-bond donors (Lipinski definition) is 0. The van der Waals surface area contributed by atoms with Crippen molar-refractivity contribution in [3.63, 3.8) is 0 Å². The molecule has 0 bridgehead atoms. The second-order valence-corrected chi connectivity index (χ2v) is 7.67. The Morgan fingerprint density at radius 2 is 1.86 bits per heavy atom. The molecule has 7 heteroatoms. The van der Waals surface area contributed by atoms with Crippen LogP contribution in [0, 0.1) is 6.92 Å². The van der Waals surface area contributed by atoms with Crippen LogP contribution in [0.25, 0.3) is 27.9 Å². The fraction of sp³-hybridized carbons (Fsp3) is 0.318. The molecule has 0 N–H and O–H groups in total. The van der Waals surface area contributed by atoms with Gasteiger partial charge in [-0.25, -0.2) is 9.97 Å². The lowest BCUT2D eigenvalue weighted by atomic mass is 10.1. The van der Waals surface area contributed by atoms with E-state index < -0.39 is 0 Å². The zero-order valence-electron chi connectivity index (χ0n) is 16.6. The van der Waals surface area contributed by atoms with Crippen LogP contribution in [0.1, 0.15) is 30.2 Å². The zero-order valence-corrected chi connectivity index (χ0v) is 16.6. The number of carbonyl (C=O) groups is 1. The molecule has 4 heterocycles. The molecule has 1 aromatic carbocycles. The number of imidazole rings is 1. The highest BCUT2D eigenvalue weighted by molar-refractivity contribution is 5.93. The smallest absolute Gasteiger partial charge is 0.272 e. The fourth-order valence-electron chi connectivity index (χ4n) is 4.04. The molecule has 2 atom stereocenters. The molecule has 7 nitrogen and oxygen atoms in total. The number of morpholine rings is 1. The van der Waals surface area contributed by atoms with E-state index in [1.807, 2.05) is 66.6 Å². The molecule has 0 spiro atoms. The summed E-state index contributed by atoms with van der Waals surface area (Å²) in [7, 11) is 0. The van der Waals surface area contributed by atoms with Gasteiger partial charge in [0.1, 0.15) is 16.9 Å².